The maximum atomic E-state index is 13.2. The first-order valence-electron chi connectivity index (χ1n) is 13.5. The van der Waals surface area contributed by atoms with Crippen LogP contribution >= 0.6 is 0 Å². The Hall–Kier alpha value is -2.90. The van der Waals surface area contributed by atoms with Crippen LogP contribution in [0.5, 0.6) is 5.75 Å². The highest BCUT2D eigenvalue weighted by molar-refractivity contribution is 5.90. The molecule has 0 spiro atoms. The van der Waals surface area contributed by atoms with Gasteiger partial charge in [0.05, 0.1) is 6.04 Å². The summed E-state index contributed by atoms with van der Waals surface area (Å²) in [6, 6.07) is 16.9. The highest BCUT2D eigenvalue weighted by atomic mass is 16.5. The number of benzene rings is 2. The lowest BCUT2D eigenvalue weighted by molar-refractivity contribution is -0.131. The number of hydrogen-bond acceptors (Lipinski definition) is 5. The van der Waals surface area contributed by atoms with Crippen molar-refractivity contribution in [3.63, 3.8) is 0 Å². The van der Waals surface area contributed by atoms with E-state index < -0.39 is 6.04 Å². The van der Waals surface area contributed by atoms with Crippen LogP contribution in [-0.2, 0) is 22.6 Å². The SMILES string of the molecule is CC(C)C[C@H](C(=O)N[C@@H](Cc1ccc(OCc2ccccc2)cc1)C(=O)NCCN1CCCC1)N(C)C. The van der Waals surface area contributed by atoms with Crippen LogP contribution in [0.3, 0.4) is 0 Å². The molecule has 0 aromatic heterocycles. The number of amides is 2. The summed E-state index contributed by atoms with van der Waals surface area (Å²) < 4.78 is 5.90. The molecular formula is C30H44N4O3. The summed E-state index contributed by atoms with van der Waals surface area (Å²) in [7, 11) is 3.82. The van der Waals surface area contributed by atoms with Gasteiger partial charge < -0.3 is 20.3 Å². The van der Waals surface area contributed by atoms with Crippen LogP contribution in [0.2, 0.25) is 0 Å². The van der Waals surface area contributed by atoms with Crippen LogP contribution in [0.15, 0.2) is 54.6 Å². The van der Waals surface area contributed by atoms with Gasteiger partial charge in [0.1, 0.15) is 18.4 Å². The minimum Gasteiger partial charge on any atom is -0.489 e. The van der Waals surface area contributed by atoms with Gasteiger partial charge >= 0.3 is 0 Å². The molecule has 7 nitrogen and oxygen atoms in total. The molecule has 202 valence electrons. The summed E-state index contributed by atoms with van der Waals surface area (Å²) in [4.78, 5) is 30.7. The minimum absolute atomic E-state index is 0.110. The van der Waals surface area contributed by atoms with E-state index in [4.69, 9.17) is 4.74 Å². The smallest absolute Gasteiger partial charge is 0.242 e. The van der Waals surface area contributed by atoms with E-state index in [1.54, 1.807) is 0 Å². The van der Waals surface area contributed by atoms with Gasteiger partial charge in [0.2, 0.25) is 11.8 Å². The average Bonchev–Trinajstić information content (AvgIpc) is 3.40. The molecule has 0 unspecified atom stereocenters. The van der Waals surface area contributed by atoms with Gasteiger partial charge in [0, 0.05) is 19.5 Å². The van der Waals surface area contributed by atoms with Gasteiger partial charge in [-0.05, 0) is 75.6 Å². The Balaban J connectivity index is 1.63. The second kappa shape index (κ2) is 14.7. The van der Waals surface area contributed by atoms with Crippen molar-refractivity contribution in [3.8, 4) is 5.75 Å². The van der Waals surface area contributed by atoms with E-state index in [0.717, 1.165) is 42.9 Å². The van der Waals surface area contributed by atoms with Gasteiger partial charge in [-0.15, -0.1) is 0 Å². The van der Waals surface area contributed by atoms with E-state index in [1.165, 1.54) is 12.8 Å². The third kappa shape index (κ3) is 9.82. The van der Waals surface area contributed by atoms with Crippen molar-refractivity contribution in [3.05, 3.63) is 65.7 Å². The van der Waals surface area contributed by atoms with Gasteiger partial charge in [0.25, 0.3) is 0 Å². The number of rotatable bonds is 14. The first kappa shape index (κ1) is 28.7. The molecule has 1 aliphatic rings. The zero-order valence-electron chi connectivity index (χ0n) is 22.9. The minimum atomic E-state index is -0.642. The first-order valence-corrected chi connectivity index (χ1v) is 13.5. The summed E-state index contributed by atoms with van der Waals surface area (Å²) >= 11 is 0. The first-order chi connectivity index (χ1) is 17.8. The van der Waals surface area contributed by atoms with Gasteiger partial charge in [-0.3, -0.25) is 14.5 Å². The Kier molecular flexibility index (Phi) is 11.4. The van der Waals surface area contributed by atoms with Crippen LogP contribution < -0.4 is 15.4 Å². The van der Waals surface area contributed by atoms with Crippen molar-refractivity contribution in [2.75, 3.05) is 40.3 Å². The van der Waals surface area contributed by atoms with E-state index in [1.807, 2.05) is 73.6 Å². The second-order valence-corrected chi connectivity index (χ2v) is 10.6. The number of hydrogen-bond donors (Lipinski definition) is 2. The van der Waals surface area contributed by atoms with Gasteiger partial charge in [-0.2, -0.15) is 0 Å². The second-order valence-electron chi connectivity index (χ2n) is 10.6. The van der Waals surface area contributed by atoms with Crippen LogP contribution in [0.25, 0.3) is 0 Å². The molecule has 2 aromatic carbocycles. The predicted octanol–water partition coefficient (Wildman–Crippen LogP) is 3.48. The number of ether oxygens (including phenoxy) is 1. The Labute approximate surface area is 222 Å². The highest BCUT2D eigenvalue weighted by Crippen LogP contribution is 2.16. The van der Waals surface area contributed by atoms with Gasteiger partial charge in [-0.25, -0.2) is 0 Å². The highest BCUT2D eigenvalue weighted by Gasteiger charge is 2.27. The van der Waals surface area contributed by atoms with E-state index in [9.17, 15) is 9.59 Å². The quantitative estimate of drug-likeness (QED) is 0.409. The van der Waals surface area contributed by atoms with Crippen LogP contribution in [0.4, 0.5) is 0 Å². The van der Waals surface area contributed by atoms with Gasteiger partial charge in [0.15, 0.2) is 0 Å². The number of nitrogens with zero attached hydrogens (tertiary/aromatic N) is 2. The fraction of sp³-hybridized carbons (Fsp3) is 0.533. The number of likely N-dealkylation sites (N-methyl/N-ethyl adjacent to an activating group) is 1. The molecule has 2 N–H and O–H groups in total. The normalized spacial score (nSPS) is 15.5. The van der Waals surface area contributed by atoms with Crippen molar-refractivity contribution < 1.29 is 14.3 Å². The lowest BCUT2D eigenvalue weighted by Crippen LogP contribution is -2.54. The average molecular weight is 509 g/mol. The third-order valence-electron chi connectivity index (χ3n) is 6.79. The molecule has 0 radical (unpaired) electrons. The Bertz CT molecular complexity index is 957. The molecule has 2 atom stereocenters. The molecule has 0 saturated carbocycles. The van der Waals surface area contributed by atoms with Crippen molar-refractivity contribution in [1.29, 1.82) is 0 Å². The Morgan fingerprint density at radius 1 is 0.946 bits per heavy atom. The molecule has 1 aliphatic heterocycles. The summed E-state index contributed by atoms with van der Waals surface area (Å²) in [6.07, 6.45) is 3.59. The standard InChI is InChI=1S/C30H44N4O3/c1-23(2)20-28(33(3)4)30(36)32-27(29(35)31-16-19-34-17-8-9-18-34)21-24-12-14-26(15-13-24)37-22-25-10-6-5-7-11-25/h5-7,10-15,23,27-28H,8-9,16-22H2,1-4H3,(H,31,35)(H,32,36)/t27-,28+/m0/s1. The maximum Gasteiger partial charge on any atom is 0.242 e. The van der Waals surface area contributed by atoms with Crippen molar-refractivity contribution in [2.45, 2.75) is 58.2 Å². The Morgan fingerprint density at radius 2 is 1.62 bits per heavy atom. The molecule has 1 saturated heterocycles. The number of carbonyl (C=O) groups excluding carboxylic acids is 2. The Morgan fingerprint density at radius 3 is 2.24 bits per heavy atom. The summed E-state index contributed by atoms with van der Waals surface area (Å²) in [5, 5.41) is 6.11. The fourth-order valence-electron chi connectivity index (χ4n) is 4.64. The lowest BCUT2D eigenvalue weighted by Gasteiger charge is -2.28. The monoisotopic (exact) mass is 508 g/mol. The van der Waals surface area contributed by atoms with Crippen LogP contribution in [-0.4, -0.2) is 74.0 Å². The maximum absolute atomic E-state index is 13.2. The molecule has 1 heterocycles. The van der Waals surface area contributed by atoms with Gasteiger partial charge in [-0.1, -0.05) is 56.3 Å². The molecule has 2 aromatic rings. The summed E-state index contributed by atoms with van der Waals surface area (Å²) in [5.41, 5.74) is 2.08. The van der Waals surface area contributed by atoms with Crippen LogP contribution in [0, 0.1) is 5.92 Å². The molecule has 2 amide bonds. The molecule has 0 bridgehead atoms. The van der Waals surface area contributed by atoms with Crippen molar-refractivity contribution in [1.82, 2.24) is 20.4 Å². The topological polar surface area (TPSA) is 73.9 Å². The van der Waals surface area contributed by atoms with Crippen molar-refractivity contribution >= 4 is 11.8 Å². The largest absolute Gasteiger partial charge is 0.489 e. The van der Waals surface area contributed by atoms with Crippen molar-refractivity contribution in [2.24, 2.45) is 5.92 Å². The molecule has 0 aliphatic carbocycles. The lowest BCUT2D eigenvalue weighted by atomic mass is 10.0. The zero-order valence-corrected chi connectivity index (χ0v) is 22.9. The van der Waals surface area contributed by atoms with E-state index >= 15 is 0 Å². The van der Waals surface area contributed by atoms with Crippen LogP contribution in [0.1, 0.15) is 44.2 Å². The molecule has 37 heavy (non-hydrogen) atoms. The molecule has 3 rings (SSSR count). The molecular weight excluding hydrogens is 464 g/mol. The van der Waals surface area contributed by atoms with E-state index in [0.29, 0.717) is 25.5 Å². The predicted molar refractivity (Wildman–Crippen MR) is 148 cm³/mol. The molecule has 1 fully saturated rings. The summed E-state index contributed by atoms with van der Waals surface area (Å²) in [6.45, 7) is 8.32. The number of nitrogens with one attached hydrogen (secondary N) is 2. The van der Waals surface area contributed by atoms with E-state index in [-0.39, 0.29) is 17.9 Å². The van der Waals surface area contributed by atoms with E-state index in [2.05, 4.69) is 29.4 Å². The molecule has 7 heteroatoms. The summed E-state index contributed by atoms with van der Waals surface area (Å²) in [5.74, 6) is 0.891. The third-order valence-corrected chi connectivity index (χ3v) is 6.79. The zero-order chi connectivity index (χ0) is 26.6. The fourth-order valence-corrected chi connectivity index (χ4v) is 4.64. The number of carbonyl (C=O) groups is 2. The number of likely N-dealkylation sites (tertiary alicyclic amines) is 1.